The van der Waals surface area contributed by atoms with Crippen LogP contribution in [0.1, 0.15) is 11.1 Å². The van der Waals surface area contributed by atoms with Crippen molar-refractivity contribution in [3.8, 4) is 11.5 Å². The van der Waals surface area contributed by atoms with Crippen molar-refractivity contribution in [1.82, 2.24) is 0 Å². The summed E-state index contributed by atoms with van der Waals surface area (Å²) in [7, 11) is 0. The van der Waals surface area contributed by atoms with Crippen molar-refractivity contribution in [3.05, 3.63) is 71.8 Å². The molecular weight excluding hydrogens is 268 g/mol. The third-order valence-electron chi connectivity index (χ3n) is 2.79. The molecule has 0 saturated carbocycles. The lowest BCUT2D eigenvalue weighted by atomic mass is 10.1. The molecule has 0 heterocycles. The Hall–Kier alpha value is -3.01. The standard InChI is InChI=1S/C17H14O4/c18-13-8-5-12(6-9-13)7-10-14(19)11-17(21)15-3-1-2-4-16(15)20/h1-11,18,20-21H/b10-7+,17-11+. The van der Waals surface area contributed by atoms with Gasteiger partial charge in [0.05, 0.1) is 5.56 Å². The van der Waals surface area contributed by atoms with E-state index in [1.807, 2.05) is 0 Å². The van der Waals surface area contributed by atoms with Gasteiger partial charge in [0.1, 0.15) is 17.3 Å². The number of hydrogen-bond acceptors (Lipinski definition) is 4. The van der Waals surface area contributed by atoms with Crippen molar-refractivity contribution in [3.63, 3.8) is 0 Å². The van der Waals surface area contributed by atoms with Gasteiger partial charge in [0, 0.05) is 6.08 Å². The summed E-state index contributed by atoms with van der Waals surface area (Å²) in [5.41, 5.74) is 0.945. The molecular formula is C17H14O4. The molecule has 0 saturated heterocycles. The highest BCUT2D eigenvalue weighted by Crippen LogP contribution is 2.22. The average molecular weight is 282 g/mol. The maximum atomic E-state index is 11.7. The summed E-state index contributed by atoms with van der Waals surface area (Å²) in [4.78, 5) is 11.7. The molecule has 0 spiro atoms. The molecule has 4 nitrogen and oxygen atoms in total. The number of para-hydroxylation sites is 1. The predicted octanol–water partition coefficient (Wildman–Crippen LogP) is 3.28. The molecule has 0 amide bonds. The van der Waals surface area contributed by atoms with Gasteiger partial charge in [-0.1, -0.05) is 30.3 Å². The fourth-order valence-corrected chi connectivity index (χ4v) is 1.71. The highest BCUT2D eigenvalue weighted by Gasteiger charge is 2.05. The van der Waals surface area contributed by atoms with E-state index in [0.29, 0.717) is 0 Å². The van der Waals surface area contributed by atoms with Gasteiger partial charge in [0.25, 0.3) is 0 Å². The summed E-state index contributed by atoms with van der Waals surface area (Å²) in [5, 5.41) is 28.5. The summed E-state index contributed by atoms with van der Waals surface area (Å²) in [5.74, 6) is -0.658. The highest BCUT2D eigenvalue weighted by molar-refractivity contribution is 6.05. The number of carbonyl (C=O) groups is 1. The number of ketones is 1. The molecule has 0 aromatic heterocycles. The van der Waals surface area contributed by atoms with Crippen LogP contribution in [0.5, 0.6) is 11.5 Å². The van der Waals surface area contributed by atoms with E-state index in [1.165, 1.54) is 30.3 Å². The second kappa shape index (κ2) is 6.43. The lowest BCUT2D eigenvalue weighted by Crippen LogP contribution is -1.91. The van der Waals surface area contributed by atoms with Gasteiger partial charge < -0.3 is 15.3 Å². The molecule has 0 bridgehead atoms. The van der Waals surface area contributed by atoms with Crippen molar-refractivity contribution in [1.29, 1.82) is 0 Å². The van der Waals surface area contributed by atoms with Crippen LogP contribution in [0.25, 0.3) is 11.8 Å². The van der Waals surface area contributed by atoms with Crippen molar-refractivity contribution in [2.45, 2.75) is 0 Å². The molecule has 0 aliphatic heterocycles. The van der Waals surface area contributed by atoms with Crippen LogP contribution in [0.15, 0.2) is 60.7 Å². The van der Waals surface area contributed by atoms with Crippen LogP contribution in [0.3, 0.4) is 0 Å². The quantitative estimate of drug-likeness (QED) is 0.594. The summed E-state index contributed by atoms with van der Waals surface area (Å²) in [6.07, 6.45) is 3.89. The predicted molar refractivity (Wildman–Crippen MR) is 80.9 cm³/mol. The molecule has 3 N–H and O–H groups in total. The maximum absolute atomic E-state index is 11.7. The molecule has 0 unspecified atom stereocenters. The zero-order valence-electron chi connectivity index (χ0n) is 11.1. The number of hydrogen-bond donors (Lipinski definition) is 3. The van der Waals surface area contributed by atoms with Crippen LogP contribution in [0.2, 0.25) is 0 Å². The van der Waals surface area contributed by atoms with E-state index in [0.717, 1.165) is 11.6 Å². The van der Waals surface area contributed by atoms with Crippen LogP contribution < -0.4 is 0 Å². The SMILES string of the molecule is O=C(/C=C/c1ccc(O)cc1)/C=C(/O)c1ccccc1O. The van der Waals surface area contributed by atoms with E-state index in [2.05, 4.69) is 0 Å². The molecule has 2 aromatic rings. The van der Waals surface area contributed by atoms with Gasteiger partial charge in [-0.2, -0.15) is 0 Å². The van der Waals surface area contributed by atoms with Gasteiger partial charge in [-0.15, -0.1) is 0 Å². The number of aliphatic hydroxyl groups is 1. The molecule has 2 aromatic carbocycles. The maximum Gasteiger partial charge on any atom is 0.182 e. The van der Waals surface area contributed by atoms with Crippen molar-refractivity contribution in [2.24, 2.45) is 0 Å². The molecule has 21 heavy (non-hydrogen) atoms. The molecule has 0 fully saturated rings. The van der Waals surface area contributed by atoms with Gasteiger partial charge in [0.15, 0.2) is 5.78 Å². The number of rotatable bonds is 4. The number of phenolic OH excluding ortho intramolecular Hbond substituents is 2. The molecule has 0 atom stereocenters. The Bertz CT molecular complexity index is 697. The van der Waals surface area contributed by atoms with Crippen LogP contribution in [0, 0.1) is 0 Å². The second-order valence-corrected chi connectivity index (χ2v) is 4.37. The second-order valence-electron chi connectivity index (χ2n) is 4.37. The first kappa shape index (κ1) is 14.4. The Kier molecular flexibility index (Phi) is 4.41. The smallest absolute Gasteiger partial charge is 0.182 e. The normalized spacial score (nSPS) is 11.7. The molecule has 0 radical (unpaired) electrons. The first-order valence-corrected chi connectivity index (χ1v) is 6.26. The Morgan fingerprint density at radius 2 is 1.62 bits per heavy atom. The van der Waals surface area contributed by atoms with E-state index in [-0.39, 0.29) is 22.8 Å². The largest absolute Gasteiger partial charge is 0.508 e. The van der Waals surface area contributed by atoms with Gasteiger partial charge in [0.2, 0.25) is 0 Å². The van der Waals surface area contributed by atoms with Crippen LogP contribution >= 0.6 is 0 Å². The van der Waals surface area contributed by atoms with Crippen LogP contribution in [-0.2, 0) is 4.79 Å². The minimum absolute atomic E-state index is 0.0958. The number of aliphatic hydroxyl groups excluding tert-OH is 1. The van der Waals surface area contributed by atoms with Gasteiger partial charge in [-0.25, -0.2) is 0 Å². The number of carbonyl (C=O) groups excluding carboxylic acids is 1. The summed E-state index contributed by atoms with van der Waals surface area (Å²) in [6.45, 7) is 0. The van der Waals surface area contributed by atoms with E-state index in [1.54, 1.807) is 30.3 Å². The molecule has 4 heteroatoms. The number of allylic oxidation sites excluding steroid dienone is 2. The van der Waals surface area contributed by atoms with Gasteiger partial charge in [-0.05, 0) is 35.9 Å². The van der Waals surface area contributed by atoms with Crippen LogP contribution in [-0.4, -0.2) is 21.1 Å². The Morgan fingerprint density at radius 1 is 0.952 bits per heavy atom. The third kappa shape index (κ3) is 3.98. The van der Waals surface area contributed by atoms with E-state index < -0.39 is 5.78 Å². The van der Waals surface area contributed by atoms with Crippen molar-refractivity contribution >= 4 is 17.6 Å². The first-order valence-electron chi connectivity index (χ1n) is 6.26. The average Bonchev–Trinajstić information content (AvgIpc) is 2.47. The topological polar surface area (TPSA) is 77.8 Å². The summed E-state index contributed by atoms with van der Waals surface area (Å²) < 4.78 is 0. The third-order valence-corrected chi connectivity index (χ3v) is 2.79. The molecule has 0 aliphatic rings. The fourth-order valence-electron chi connectivity index (χ4n) is 1.71. The lowest BCUT2D eigenvalue weighted by molar-refractivity contribution is -0.110. The van der Waals surface area contributed by atoms with Crippen molar-refractivity contribution < 1.29 is 20.1 Å². The minimum Gasteiger partial charge on any atom is -0.508 e. The van der Waals surface area contributed by atoms with Gasteiger partial charge in [-0.3, -0.25) is 4.79 Å². The van der Waals surface area contributed by atoms with E-state index in [4.69, 9.17) is 5.11 Å². The van der Waals surface area contributed by atoms with E-state index >= 15 is 0 Å². The Labute approximate surface area is 121 Å². The Balaban J connectivity index is 2.12. The zero-order valence-corrected chi connectivity index (χ0v) is 11.1. The summed E-state index contributed by atoms with van der Waals surface area (Å²) in [6, 6.07) is 12.6. The van der Waals surface area contributed by atoms with Crippen molar-refractivity contribution in [2.75, 3.05) is 0 Å². The molecule has 106 valence electrons. The van der Waals surface area contributed by atoms with E-state index in [9.17, 15) is 15.0 Å². The fraction of sp³-hybridized carbons (Fsp3) is 0. The van der Waals surface area contributed by atoms with Gasteiger partial charge >= 0.3 is 0 Å². The lowest BCUT2D eigenvalue weighted by Gasteiger charge is -2.01. The summed E-state index contributed by atoms with van der Waals surface area (Å²) >= 11 is 0. The monoisotopic (exact) mass is 282 g/mol. The minimum atomic E-state index is -0.413. The van der Waals surface area contributed by atoms with Crippen LogP contribution in [0.4, 0.5) is 0 Å². The number of aromatic hydroxyl groups is 2. The number of benzene rings is 2. The highest BCUT2D eigenvalue weighted by atomic mass is 16.3. The molecule has 0 aliphatic carbocycles. The molecule has 2 rings (SSSR count). The first-order chi connectivity index (χ1) is 10.1. The zero-order chi connectivity index (χ0) is 15.2. The Morgan fingerprint density at radius 3 is 2.29 bits per heavy atom. The number of phenols is 2.